The molecule has 1 aromatic rings. The highest BCUT2D eigenvalue weighted by Gasteiger charge is 2.29. The number of hydrogen-bond donors (Lipinski definition) is 1. The Bertz CT molecular complexity index is 386. The smallest absolute Gasteiger partial charge is 0.165 e. The summed E-state index contributed by atoms with van der Waals surface area (Å²) in [6, 6.07) is 3.40. The standard InChI is InChI=1S/C13H17FO/c1-13(2,3)9-6-10(8-4-5-8)12(15)11(14)7-9/h6-8,15H,4-5H2,1-3H3. The lowest BCUT2D eigenvalue weighted by Gasteiger charge is -2.20. The molecule has 82 valence electrons. The second-order valence-corrected chi connectivity index (χ2v) is 5.42. The molecule has 0 amide bonds. The van der Waals surface area contributed by atoms with E-state index in [0.29, 0.717) is 5.92 Å². The lowest BCUT2D eigenvalue weighted by atomic mass is 9.85. The van der Waals surface area contributed by atoms with Gasteiger partial charge in [0.1, 0.15) is 0 Å². The fourth-order valence-electron chi connectivity index (χ4n) is 1.76. The van der Waals surface area contributed by atoms with Gasteiger partial charge in [0.15, 0.2) is 11.6 Å². The van der Waals surface area contributed by atoms with E-state index < -0.39 is 5.82 Å². The summed E-state index contributed by atoms with van der Waals surface area (Å²) in [4.78, 5) is 0. The van der Waals surface area contributed by atoms with Crippen LogP contribution in [0.15, 0.2) is 12.1 Å². The molecule has 0 bridgehead atoms. The summed E-state index contributed by atoms with van der Waals surface area (Å²) in [7, 11) is 0. The predicted octanol–water partition coefficient (Wildman–Crippen LogP) is 3.71. The molecule has 1 nitrogen and oxygen atoms in total. The van der Waals surface area contributed by atoms with Crippen molar-refractivity contribution in [1.82, 2.24) is 0 Å². The van der Waals surface area contributed by atoms with Gasteiger partial charge < -0.3 is 5.11 Å². The Hall–Kier alpha value is -1.05. The normalized spacial score (nSPS) is 16.8. The third kappa shape index (κ3) is 1.99. The van der Waals surface area contributed by atoms with Crippen LogP contribution in [0.2, 0.25) is 0 Å². The Morgan fingerprint density at radius 2 is 1.87 bits per heavy atom. The minimum atomic E-state index is -0.482. The monoisotopic (exact) mass is 208 g/mol. The molecule has 15 heavy (non-hydrogen) atoms. The molecule has 0 radical (unpaired) electrons. The van der Waals surface area contributed by atoms with Gasteiger partial charge in [0.2, 0.25) is 0 Å². The van der Waals surface area contributed by atoms with E-state index in [2.05, 4.69) is 20.8 Å². The van der Waals surface area contributed by atoms with Gasteiger partial charge in [0, 0.05) is 5.56 Å². The molecule has 0 spiro atoms. The Kier molecular flexibility index (Phi) is 2.25. The summed E-state index contributed by atoms with van der Waals surface area (Å²) in [6.45, 7) is 6.15. The molecule has 0 aromatic heterocycles. The fourth-order valence-corrected chi connectivity index (χ4v) is 1.76. The van der Waals surface area contributed by atoms with Crippen molar-refractivity contribution >= 4 is 0 Å². The van der Waals surface area contributed by atoms with Crippen LogP contribution >= 0.6 is 0 Å². The Balaban J connectivity index is 2.51. The van der Waals surface area contributed by atoms with E-state index in [1.54, 1.807) is 0 Å². The second-order valence-electron chi connectivity index (χ2n) is 5.42. The average molecular weight is 208 g/mol. The SMILES string of the molecule is CC(C)(C)c1cc(F)c(O)c(C2CC2)c1. The van der Waals surface area contributed by atoms with Crippen LogP contribution in [0.4, 0.5) is 4.39 Å². The van der Waals surface area contributed by atoms with Crippen molar-refractivity contribution in [2.75, 3.05) is 0 Å². The first kappa shape index (κ1) is 10.5. The first-order valence-corrected chi connectivity index (χ1v) is 5.42. The van der Waals surface area contributed by atoms with Crippen LogP contribution in [0.3, 0.4) is 0 Å². The Morgan fingerprint density at radius 3 is 2.33 bits per heavy atom. The van der Waals surface area contributed by atoms with Crippen LogP contribution < -0.4 is 0 Å². The van der Waals surface area contributed by atoms with Crippen molar-refractivity contribution in [3.05, 3.63) is 29.1 Å². The van der Waals surface area contributed by atoms with E-state index in [-0.39, 0.29) is 11.2 Å². The van der Waals surface area contributed by atoms with Gasteiger partial charge in [0.25, 0.3) is 0 Å². The van der Waals surface area contributed by atoms with E-state index >= 15 is 0 Å². The molecule has 0 aliphatic heterocycles. The highest BCUT2D eigenvalue weighted by molar-refractivity contribution is 5.43. The molecule has 0 unspecified atom stereocenters. The fraction of sp³-hybridized carbons (Fsp3) is 0.538. The molecular weight excluding hydrogens is 191 g/mol. The van der Waals surface area contributed by atoms with Crippen LogP contribution in [0.25, 0.3) is 0 Å². The lowest BCUT2D eigenvalue weighted by molar-refractivity contribution is 0.423. The topological polar surface area (TPSA) is 20.2 Å². The van der Waals surface area contributed by atoms with E-state index in [4.69, 9.17) is 0 Å². The number of benzene rings is 1. The van der Waals surface area contributed by atoms with Gasteiger partial charge in [-0.2, -0.15) is 0 Å². The summed E-state index contributed by atoms with van der Waals surface area (Å²) < 4.78 is 13.5. The molecule has 0 atom stereocenters. The summed E-state index contributed by atoms with van der Waals surface area (Å²) in [5.41, 5.74) is 1.68. The van der Waals surface area contributed by atoms with Crippen LogP contribution in [-0.2, 0) is 5.41 Å². The number of aromatic hydroxyl groups is 1. The van der Waals surface area contributed by atoms with Crippen LogP contribution in [0, 0.1) is 5.82 Å². The molecule has 1 saturated carbocycles. The third-order valence-electron chi connectivity index (χ3n) is 2.98. The van der Waals surface area contributed by atoms with Crippen LogP contribution in [-0.4, -0.2) is 5.11 Å². The molecule has 1 N–H and O–H groups in total. The number of phenolic OH excluding ortho intramolecular Hbond substituents is 1. The summed E-state index contributed by atoms with van der Waals surface area (Å²) in [5.74, 6) is -0.253. The maximum absolute atomic E-state index is 13.5. The molecule has 2 heteroatoms. The zero-order valence-corrected chi connectivity index (χ0v) is 9.47. The first-order chi connectivity index (χ1) is 6.89. The summed E-state index contributed by atoms with van der Waals surface area (Å²) in [5, 5.41) is 9.62. The van der Waals surface area contributed by atoms with Crippen molar-refractivity contribution in [3.63, 3.8) is 0 Å². The number of hydrogen-bond acceptors (Lipinski definition) is 1. The van der Waals surface area contributed by atoms with Gasteiger partial charge >= 0.3 is 0 Å². The summed E-state index contributed by atoms with van der Waals surface area (Å²) >= 11 is 0. The van der Waals surface area contributed by atoms with Crippen LogP contribution in [0.1, 0.15) is 50.7 Å². The van der Waals surface area contributed by atoms with Gasteiger partial charge in [-0.25, -0.2) is 4.39 Å². The number of halogens is 1. The second kappa shape index (κ2) is 3.22. The van der Waals surface area contributed by atoms with Crippen molar-refractivity contribution in [2.24, 2.45) is 0 Å². The minimum Gasteiger partial charge on any atom is -0.505 e. The highest BCUT2D eigenvalue weighted by atomic mass is 19.1. The van der Waals surface area contributed by atoms with Crippen LogP contribution in [0.5, 0.6) is 5.75 Å². The van der Waals surface area contributed by atoms with Crippen molar-refractivity contribution < 1.29 is 9.50 Å². The highest BCUT2D eigenvalue weighted by Crippen LogP contribution is 2.46. The summed E-state index contributed by atoms with van der Waals surface area (Å²) in [6.07, 6.45) is 2.14. The van der Waals surface area contributed by atoms with E-state index in [0.717, 1.165) is 24.0 Å². The molecule has 0 heterocycles. The quantitative estimate of drug-likeness (QED) is 0.746. The van der Waals surface area contributed by atoms with E-state index in [1.807, 2.05) is 6.07 Å². The van der Waals surface area contributed by atoms with Gasteiger partial charge in [-0.3, -0.25) is 0 Å². The molecular formula is C13H17FO. The van der Waals surface area contributed by atoms with Gasteiger partial charge in [0.05, 0.1) is 0 Å². The van der Waals surface area contributed by atoms with E-state index in [9.17, 15) is 9.50 Å². The van der Waals surface area contributed by atoms with Crippen molar-refractivity contribution in [2.45, 2.75) is 44.9 Å². The molecule has 1 aliphatic rings. The zero-order valence-electron chi connectivity index (χ0n) is 9.47. The lowest BCUT2D eigenvalue weighted by Crippen LogP contribution is -2.12. The molecule has 1 aliphatic carbocycles. The molecule has 2 rings (SSSR count). The maximum Gasteiger partial charge on any atom is 0.165 e. The largest absolute Gasteiger partial charge is 0.505 e. The van der Waals surface area contributed by atoms with Gasteiger partial charge in [-0.15, -0.1) is 0 Å². The van der Waals surface area contributed by atoms with Crippen molar-refractivity contribution in [3.8, 4) is 5.75 Å². The number of rotatable bonds is 1. The minimum absolute atomic E-state index is 0.0713. The first-order valence-electron chi connectivity index (χ1n) is 5.42. The van der Waals surface area contributed by atoms with Gasteiger partial charge in [-0.1, -0.05) is 26.8 Å². The zero-order chi connectivity index (χ0) is 11.2. The number of phenols is 1. The maximum atomic E-state index is 13.5. The van der Waals surface area contributed by atoms with E-state index in [1.165, 1.54) is 6.07 Å². The van der Waals surface area contributed by atoms with Crippen molar-refractivity contribution in [1.29, 1.82) is 0 Å². The molecule has 0 saturated heterocycles. The predicted molar refractivity (Wildman–Crippen MR) is 58.7 cm³/mol. The average Bonchev–Trinajstić information content (AvgIpc) is 2.90. The third-order valence-corrected chi connectivity index (χ3v) is 2.98. The van der Waals surface area contributed by atoms with Gasteiger partial charge in [-0.05, 0) is 35.8 Å². The molecule has 1 fully saturated rings. The molecule has 1 aromatic carbocycles. The Labute approximate surface area is 89.9 Å². The Morgan fingerprint density at radius 1 is 1.27 bits per heavy atom.